The molecule has 0 aromatic heterocycles. The third-order valence-corrected chi connectivity index (χ3v) is 5.87. The van der Waals surface area contributed by atoms with Crippen LogP contribution in [0.1, 0.15) is 33.1 Å². The second-order valence-electron chi connectivity index (χ2n) is 7.31. The van der Waals surface area contributed by atoms with Crippen LogP contribution < -0.4 is 14.2 Å². The number of rotatable bonds is 5. The Morgan fingerprint density at radius 3 is 2.32 bits per heavy atom. The number of para-hydroxylation sites is 1. The summed E-state index contributed by atoms with van der Waals surface area (Å²) in [6.45, 7) is 0.552. The molecular weight excluding hydrogens is 414 g/mol. The molecule has 6 heteroatoms. The number of hydrogen-bond acceptors (Lipinski definition) is 4. The number of benzene rings is 3. The fourth-order valence-electron chi connectivity index (χ4n) is 4.18. The topological polar surface area (TPSA) is 48.0 Å². The van der Waals surface area contributed by atoms with Crippen LogP contribution in [0.4, 0.5) is 0 Å². The van der Waals surface area contributed by atoms with E-state index < -0.39 is 0 Å². The van der Waals surface area contributed by atoms with Crippen molar-refractivity contribution in [2.24, 2.45) is 0 Å². The Bertz CT molecular complexity index is 1110. The number of ether oxygens (including phenoxy) is 3. The number of carbonyl (C=O) groups is 1. The number of fused-ring (bicyclic) bond motifs is 1. The van der Waals surface area contributed by atoms with Gasteiger partial charge in [0.15, 0.2) is 11.5 Å². The molecule has 3 aromatic carbocycles. The van der Waals surface area contributed by atoms with Crippen molar-refractivity contribution in [3.63, 3.8) is 0 Å². The highest BCUT2D eigenvalue weighted by atomic mass is 35.5. The fourth-order valence-corrected chi connectivity index (χ4v) is 4.38. The van der Waals surface area contributed by atoms with E-state index in [4.69, 9.17) is 25.8 Å². The Labute approximate surface area is 187 Å². The van der Waals surface area contributed by atoms with Gasteiger partial charge in [0.2, 0.25) is 0 Å². The van der Waals surface area contributed by atoms with Gasteiger partial charge in [-0.15, -0.1) is 0 Å². The molecule has 0 radical (unpaired) electrons. The predicted molar refractivity (Wildman–Crippen MR) is 121 cm³/mol. The molecular formula is C25H24ClNO4. The minimum absolute atomic E-state index is 0.0946. The van der Waals surface area contributed by atoms with E-state index in [0.717, 1.165) is 16.7 Å². The fraction of sp³-hybridized carbons (Fsp3) is 0.240. The van der Waals surface area contributed by atoms with Crippen LogP contribution in [-0.2, 0) is 6.42 Å². The van der Waals surface area contributed by atoms with E-state index in [9.17, 15) is 4.79 Å². The van der Waals surface area contributed by atoms with E-state index in [1.165, 1.54) is 0 Å². The Hall–Kier alpha value is -3.18. The second kappa shape index (κ2) is 8.90. The van der Waals surface area contributed by atoms with Gasteiger partial charge in [-0.2, -0.15) is 0 Å². The van der Waals surface area contributed by atoms with Crippen molar-refractivity contribution >= 4 is 17.5 Å². The quantitative estimate of drug-likeness (QED) is 0.553. The van der Waals surface area contributed by atoms with Gasteiger partial charge in [-0.1, -0.05) is 35.9 Å². The standard InChI is InChI=1S/C25H24ClNO4/c1-29-21-10-5-4-9-19(21)25(28)27-12-11-16-14-22(30-2)23(31-3)15-20(16)24(27)17-7-6-8-18(26)13-17/h4-10,13-15,24H,11-12H2,1-3H3. The highest BCUT2D eigenvalue weighted by Crippen LogP contribution is 2.42. The van der Waals surface area contributed by atoms with E-state index in [2.05, 4.69) is 0 Å². The van der Waals surface area contributed by atoms with Gasteiger partial charge in [0.25, 0.3) is 5.91 Å². The van der Waals surface area contributed by atoms with Crippen LogP contribution in [0.5, 0.6) is 17.2 Å². The van der Waals surface area contributed by atoms with Crippen molar-refractivity contribution in [1.82, 2.24) is 4.90 Å². The minimum atomic E-state index is -0.320. The van der Waals surface area contributed by atoms with Crippen LogP contribution in [0.25, 0.3) is 0 Å². The van der Waals surface area contributed by atoms with Crippen LogP contribution in [0.3, 0.4) is 0 Å². The maximum absolute atomic E-state index is 13.7. The molecule has 0 spiro atoms. The molecule has 0 saturated carbocycles. The maximum Gasteiger partial charge on any atom is 0.258 e. The van der Waals surface area contributed by atoms with Crippen LogP contribution >= 0.6 is 11.6 Å². The molecule has 31 heavy (non-hydrogen) atoms. The van der Waals surface area contributed by atoms with Crippen LogP contribution in [0, 0.1) is 0 Å². The Kier molecular flexibility index (Phi) is 6.05. The number of nitrogens with zero attached hydrogens (tertiary/aromatic N) is 1. The van der Waals surface area contributed by atoms with Crippen molar-refractivity contribution in [2.45, 2.75) is 12.5 Å². The molecule has 0 N–H and O–H groups in total. The van der Waals surface area contributed by atoms with Gasteiger partial charge in [-0.25, -0.2) is 0 Å². The third-order valence-electron chi connectivity index (χ3n) is 5.64. The van der Waals surface area contributed by atoms with E-state index in [-0.39, 0.29) is 11.9 Å². The summed E-state index contributed by atoms with van der Waals surface area (Å²) in [5, 5.41) is 0.620. The van der Waals surface area contributed by atoms with Gasteiger partial charge in [0.05, 0.1) is 32.9 Å². The summed E-state index contributed by atoms with van der Waals surface area (Å²) >= 11 is 6.32. The monoisotopic (exact) mass is 437 g/mol. The summed E-state index contributed by atoms with van der Waals surface area (Å²) in [6, 6.07) is 18.5. The lowest BCUT2D eigenvalue weighted by Crippen LogP contribution is -2.40. The average Bonchev–Trinajstić information content (AvgIpc) is 2.81. The highest BCUT2D eigenvalue weighted by Gasteiger charge is 2.34. The minimum Gasteiger partial charge on any atom is -0.496 e. The third kappa shape index (κ3) is 3.93. The summed E-state index contributed by atoms with van der Waals surface area (Å²) in [6.07, 6.45) is 0.702. The first-order valence-corrected chi connectivity index (χ1v) is 10.4. The molecule has 3 aromatic rings. The Morgan fingerprint density at radius 2 is 1.61 bits per heavy atom. The first-order chi connectivity index (χ1) is 15.1. The molecule has 1 unspecified atom stereocenters. The SMILES string of the molecule is COc1cc2c(cc1OC)C(c1cccc(Cl)c1)N(C(=O)c1ccccc1OC)CC2. The van der Waals surface area contributed by atoms with Gasteiger partial charge in [-0.3, -0.25) is 4.79 Å². The van der Waals surface area contributed by atoms with E-state index in [1.54, 1.807) is 33.5 Å². The van der Waals surface area contributed by atoms with Gasteiger partial charge >= 0.3 is 0 Å². The number of hydrogen-bond donors (Lipinski definition) is 0. The zero-order valence-electron chi connectivity index (χ0n) is 17.7. The summed E-state index contributed by atoms with van der Waals surface area (Å²) in [4.78, 5) is 15.6. The van der Waals surface area contributed by atoms with Crippen LogP contribution in [0.15, 0.2) is 60.7 Å². The number of amides is 1. The van der Waals surface area contributed by atoms with E-state index in [1.807, 2.05) is 53.4 Å². The molecule has 0 bridgehead atoms. The second-order valence-corrected chi connectivity index (χ2v) is 7.75. The number of halogens is 1. The molecule has 4 rings (SSSR count). The highest BCUT2D eigenvalue weighted by molar-refractivity contribution is 6.30. The van der Waals surface area contributed by atoms with Crippen molar-refractivity contribution in [3.8, 4) is 17.2 Å². The van der Waals surface area contributed by atoms with Gasteiger partial charge in [0, 0.05) is 11.6 Å². The maximum atomic E-state index is 13.7. The van der Waals surface area contributed by atoms with Crippen molar-refractivity contribution in [3.05, 3.63) is 87.9 Å². The zero-order chi connectivity index (χ0) is 22.0. The lowest BCUT2D eigenvalue weighted by molar-refractivity contribution is 0.0690. The molecule has 5 nitrogen and oxygen atoms in total. The molecule has 160 valence electrons. The predicted octanol–water partition coefficient (Wildman–Crippen LogP) is 5.15. The van der Waals surface area contributed by atoms with Crippen molar-refractivity contribution < 1.29 is 19.0 Å². The first kappa shape index (κ1) is 21.1. The normalized spacial score (nSPS) is 15.2. The molecule has 0 saturated heterocycles. The van der Waals surface area contributed by atoms with Gasteiger partial charge in [0.1, 0.15) is 5.75 Å². The molecule has 1 amide bonds. The largest absolute Gasteiger partial charge is 0.496 e. The Morgan fingerprint density at radius 1 is 0.903 bits per heavy atom. The molecule has 0 fully saturated rings. The van der Waals surface area contributed by atoms with Crippen molar-refractivity contribution in [1.29, 1.82) is 0 Å². The zero-order valence-corrected chi connectivity index (χ0v) is 18.5. The van der Waals surface area contributed by atoms with Gasteiger partial charge in [-0.05, 0) is 59.5 Å². The first-order valence-electron chi connectivity index (χ1n) is 10.0. The van der Waals surface area contributed by atoms with Crippen molar-refractivity contribution in [2.75, 3.05) is 27.9 Å². The molecule has 1 aliphatic rings. The smallest absolute Gasteiger partial charge is 0.258 e. The average molecular weight is 438 g/mol. The van der Waals surface area contributed by atoms with E-state index in [0.29, 0.717) is 40.8 Å². The molecule has 1 aliphatic heterocycles. The number of carbonyl (C=O) groups excluding carboxylic acids is 1. The molecule has 0 aliphatic carbocycles. The lowest BCUT2D eigenvalue weighted by atomic mass is 9.87. The summed E-state index contributed by atoms with van der Waals surface area (Å²) in [5.74, 6) is 1.76. The molecule has 1 heterocycles. The summed E-state index contributed by atoms with van der Waals surface area (Å²) in [7, 11) is 4.81. The van der Waals surface area contributed by atoms with Gasteiger partial charge < -0.3 is 19.1 Å². The summed E-state index contributed by atoms with van der Waals surface area (Å²) < 4.78 is 16.5. The van der Waals surface area contributed by atoms with Crippen LogP contribution in [0.2, 0.25) is 5.02 Å². The Balaban J connectivity index is 1.87. The summed E-state index contributed by atoms with van der Waals surface area (Å²) in [5.41, 5.74) is 3.57. The lowest BCUT2D eigenvalue weighted by Gasteiger charge is -2.38. The molecule has 1 atom stereocenters. The number of methoxy groups -OCH3 is 3. The van der Waals surface area contributed by atoms with Crippen LogP contribution in [-0.4, -0.2) is 38.7 Å². The van der Waals surface area contributed by atoms with E-state index >= 15 is 0 Å².